The molecule has 1 fully saturated rings. The molecule has 1 aromatic carbocycles. The number of carbonyl (C=O) groups is 2. The third-order valence-electron chi connectivity index (χ3n) is 4.62. The fourth-order valence-electron chi connectivity index (χ4n) is 3.20. The van der Waals surface area contributed by atoms with Crippen molar-refractivity contribution in [3.05, 3.63) is 34.9 Å². The highest BCUT2D eigenvalue weighted by molar-refractivity contribution is 5.95. The first-order chi connectivity index (χ1) is 10.9. The van der Waals surface area contributed by atoms with Crippen LogP contribution in [0.15, 0.2) is 18.2 Å². The van der Waals surface area contributed by atoms with Crippen LogP contribution in [-0.2, 0) is 4.79 Å². The van der Waals surface area contributed by atoms with Crippen LogP contribution in [0, 0.1) is 13.8 Å². The Bertz CT molecular complexity index is 586. The van der Waals surface area contributed by atoms with Crippen LogP contribution < -0.4 is 0 Å². The van der Waals surface area contributed by atoms with E-state index in [0.29, 0.717) is 6.54 Å². The average molecular weight is 318 g/mol. The zero-order chi connectivity index (χ0) is 17.0. The van der Waals surface area contributed by atoms with E-state index in [1.165, 1.54) is 0 Å². The van der Waals surface area contributed by atoms with E-state index in [9.17, 15) is 9.59 Å². The average Bonchev–Trinajstić information content (AvgIpc) is 2.74. The lowest BCUT2D eigenvalue weighted by atomic mass is 10.0. The zero-order valence-electron chi connectivity index (χ0n) is 14.2. The quantitative estimate of drug-likeness (QED) is 0.925. The van der Waals surface area contributed by atoms with E-state index in [1.807, 2.05) is 48.9 Å². The molecule has 1 N–H and O–H groups in total. The minimum Gasteiger partial charge on any atom is -0.480 e. The molecule has 23 heavy (non-hydrogen) atoms. The molecule has 1 aliphatic heterocycles. The van der Waals surface area contributed by atoms with Gasteiger partial charge in [0.05, 0.1) is 6.54 Å². The number of carbonyl (C=O) groups excluding carboxylic acids is 1. The highest BCUT2D eigenvalue weighted by Gasteiger charge is 2.25. The molecule has 1 unspecified atom stereocenters. The normalized spacial score (nSPS) is 18.8. The first kappa shape index (κ1) is 17.5. The van der Waals surface area contributed by atoms with Gasteiger partial charge in [0.25, 0.3) is 5.91 Å². The SMILES string of the molecule is Cc1ccc(C)c(C(=O)N2CCCC(N(C)CC(=O)O)CC2)c1. The van der Waals surface area contributed by atoms with Crippen molar-refractivity contribution >= 4 is 11.9 Å². The Hall–Kier alpha value is -1.88. The van der Waals surface area contributed by atoms with Gasteiger partial charge in [0.2, 0.25) is 0 Å². The predicted octanol–water partition coefficient (Wildman–Crippen LogP) is 2.31. The van der Waals surface area contributed by atoms with Crippen molar-refractivity contribution in [1.29, 1.82) is 0 Å². The number of nitrogens with zero attached hydrogens (tertiary/aromatic N) is 2. The molecule has 1 heterocycles. The molecule has 1 saturated heterocycles. The molecular weight excluding hydrogens is 292 g/mol. The maximum atomic E-state index is 12.8. The molecule has 0 aliphatic carbocycles. The summed E-state index contributed by atoms with van der Waals surface area (Å²) in [7, 11) is 1.85. The van der Waals surface area contributed by atoms with Crippen molar-refractivity contribution in [3.63, 3.8) is 0 Å². The van der Waals surface area contributed by atoms with Crippen LogP contribution in [0.1, 0.15) is 40.7 Å². The van der Waals surface area contributed by atoms with Gasteiger partial charge in [-0.3, -0.25) is 14.5 Å². The van der Waals surface area contributed by atoms with Crippen molar-refractivity contribution in [2.24, 2.45) is 0 Å². The molecule has 1 atom stereocenters. The maximum Gasteiger partial charge on any atom is 0.317 e. The van der Waals surface area contributed by atoms with Gasteiger partial charge >= 0.3 is 5.97 Å². The summed E-state index contributed by atoms with van der Waals surface area (Å²) < 4.78 is 0. The second kappa shape index (κ2) is 7.59. The van der Waals surface area contributed by atoms with Crippen LogP contribution in [0.3, 0.4) is 0 Å². The number of carboxylic acids is 1. The number of aliphatic carboxylic acids is 1. The van der Waals surface area contributed by atoms with E-state index in [1.54, 1.807) is 0 Å². The Labute approximate surface area is 137 Å². The third-order valence-corrected chi connectivity index (χ3v) is 4.62. The van der Waals surface area contributed by atoms with Gasteiger partial charge < -0.3 is 10.0 Å². The van der Waals surface area contributed by atoms with E-state index < -0.39 is 5.97 Å². The molecule has 1 amide bonds. The number of aryl methyl sites for hydroxylation is 2. The minimum atomic E-state index is -0.805. The Morgan fingerprint density at radius 2 is 2.00 bits per heavy atom. The number of likely N-dealkylation sites (N-methyl/N-ethyl adjacent to an activating group) is 1. The number of amides is 1. The van der Waals surface area contributed by atoms with Gasteiger partial charge in [0.1, 0.15) is 0 Å². The topological polar surface area (TPSA) is 60.9 Å². The van der Waals surface area contributed by atoms with E-state index >= 15 is 0 Å². The Morgan fingerprint density at radius 3 is 2.70 bits per heavy atom. The van der Waals surface area contributed by atoms with Gasteiger partial charge in [-0.25, -0.2) is 0 Å². The number of benzene rings is 1. The van der Waals surface area contributed by atoms with Gasteiger partial charge in [-0.05, 0) is 51.8 Å². The van der Waals surface area contributed by atoms with Gasteiger partial charge in [-0.1, -0.05) is 17.7 Å². The second-order valence-electron chi connectivity index (χ2n) is 6.50. The lowest BCUT2D eigenvalue weighted by Gasteiger charge is -2.26. The Kier molecular flexibility index (Phi) is 5.77. The summed E-state index contributed by atoms with van der Waals surface area (Å²) in [5.41, 5.74) is 2.87. The molecule has 1 aromatic rings. The summed E-state index contributed by atoms with van der Waals surface area (Å²) in [6, 6.07) is 6.19. The molecule has 126 valence electrons. The number of rotatable bonds is 4. The Balaban J connectivity index is 2.04. The summed E-state index contributed by atoms with van der Waals surface area (Å²) in [6.45, 7) is 5.43. The van der Waals surface area contributed by atoms with Crippen LogP contribution in [0.5, 0.6) is 0 Å². The van der Waals surface area contributed by atoms with Crippen LogP contribution in [-0.4, -0.2) is 59.5 Å². The molecule has 2 rings (SSSR count). The van der Waals surface area contributed by atoms with E-state index in [2.05, 4.69) is 0 Å². The van der Waals surface area contributed by atoms with Crippen molar-refractivity contribution in [2.75, 3.05) is 26.7 Å². The van der Waals surface area contributed by atoms with Crippen molar-refractivity contribution < 1.29 is 14.7 Å². The molecule has 5 heteroatoms. The van der Waals surface area contributed by atoms with Gasteiger partial charge in [-0.2, -0.15) is 0 Å². The second-order valence-corrected chi connectivity index (χ2v) is 6.50. The van der Waals surface area contributed by atoms with Gasteiger partial charge in [-0.15, -0.1) is 0 Å². The molecule has 5 nitrogen and oxygen atoms in total. The number of likely N-dealkylation sites (tertiary alicyclic amines) is 1. The highest BCUT2D eigenvalue weighted by atomic mass is 16.4. The summed E-state index contributed by atoms with van der Waals surface area (Å²) in [4.78, 5) is 27.5. The predicted molar refractivity (Wildman–Crippen MR) is 89.7 cm³/mol. The van der Waals surface area contributed by atoms with E-state index in [0.717, 1.165) is 42.5 Å². The number of hydrogen-bond donors (Lipinski definition) is 1. The summed E-state index contributed by atoms with van der Waals surface area (Å²) in [6.07, 6.45) is 2.66. The largest absolute Gasteiger partial charge is 0.480 e. The van der Waals surface area contributed by atoms with Crippen LogP contribution >= 0.6 is 0 Å². The molecule has 1 aliphatic rings. The smallest absolute Gasteiger partial charge is 0.317 e. The molecule has 0 bridgehead atoms. The first-order valence-corrected chi connectivity index (χ1v) is 8.17. The lowest BCUT2D eigenvalue weighted by molar-refractivity contribution is -0.138. The molecule has 0 saturated carbocycles. The lowest BCUT2D eigenvalue weighted by Crippen LogP contribution is -2.37. The molecular formula is C18H26N2O3. The van der Waals surface area contributed by atoms with Crippen LogP contribution in [0.2, 0.25) is 0 Å². The van der Waals surface area contributed by atoms with Crippen molar-refractivity contribution in [3.8, 4) is 0 Å². The van der Waals surface area contributed by atoms with Crippen molar-refractivity contribution in [2.45, 2.75) is 39.2 Å². The van der Waals surface area contributed by atoms with Crippen LogP contribution in [0.4, 0.5) is 0 Å². The van der Waals surface area contributed by atoms with E-state index in [4.69, 9.17) is 5.11 Å². The molecule has 0 aromatic heterocycles. The highest BCUT2D eigenvalue weighted by Crippen LogP contribution is 2.19. The number of carboxylic acid groups (broad SMARTS) is 1. The summed E-state index contributed by atoms with van der Waals surface area (Å²) >= 11 is 0. The fourth-order valence-corrected chi connectivity index (χ4v) is 3.20. The number of hydrogen-bond acceptors (Lipinski definition) is 3. The van der Waals surface area contributed by atoms with Gasteiger partial charge in [0.15, 0.2) is 0 Å². The standard InChI is InChI=1S/C18H26N2O3/c1-13-6-7-14(2)16(11-13)18(23)20-9-4-5-15(8-10-20)19(3)12-17(21)22/h6-7,11,15H,4-5,8-10,12H2,1-3H3,(H,21,22). The summed E-state index contributed by atoms with van der Waals surface area (Å²) in [5.74, 6) is -0.715. The van der Waals surface area contributed by atoms with Crippen LogP contribution in [0.25, 0.3) is 0 Å². The monoisotopic (exact) mass is 318 g/mol. The van der Waals surface area contributed by atoms with Gasteiger partial charge in [0, 0.05) is 24.7 Å². The zero-order valence-corrected chi connectivity index (χ0v) is 14.2. The van der Waals surface area contributed by atoms with E-state index in [-0.39, 0.29) is 18.5 Å². The summed E-state index contributed by atoms with van der Waals surface area (Å²) in [5, 5.41) is 8.92. The van der Waals surface area contributed by atoms with Crippen molar-refractivity contribution in [1.82, 2.24) is 9.80 Å². The molecule has 0 radical (unpaired) electrons. The first-order valence-electron chi connectivity index (χ1n) is 8.17. The third kappa shape index (κ3) is 4.55. The fraction of sp³-hybridized carbons (Fsp3) is 0.556. The minimum absolute atomic E-state index is 0.0512. The Morgan fingerprint density at radius 1 is 1.26 bits per heavy atom. The molecule has 0 spiro atoms. The maximum absolute atomic E-state index is 12.8.